The molecule has 23 heavy (non-hydrogen) atoms. The van der Waals surface area contributed by atoms with Crippen LogP contribution in [0.1, 0.15) is 25.3 Å². The SMILES string of the molecule is C[C@H](CO)NC(=O)[C@H](C)c1ccc2c(c1)[nH]c1ccc(Cl)cc12. The lowest BCUT2D eigenvalue weighted by Crippen LogP contribution is -2.37. The molecule has 0 fully saturated rings. The molecule has 1 amide bonds. The summed E-state index contributed by atoms with van der Waals surface area (Å²) in [5, 5.41) is 14.7. The lowest BCUT2D eigenvalue weighted by atomic mass is 9.98. The topological polar surface area (TPSA) is 65.1 Å². The molecule has 0 bridgehead atoms. The van der Waals surface area contributed by atoms with Crippen molar-refractivity contribution in [3.05, 3.63) is 47.0 Å². The first-order valence-electron chi connectivity index (χ1n) is 7.61. The molecule has 0 aliphatic carbocycles. The van der Waals surface area contributed by atoms with Crippen molar-refractivity contribution >= 4 is 39.3 Å². The van der Waals surface area contributed by atoms with Gasteiger partial charge in [-0.15, -0.1) is 0 Å². The highest BCUT2D eigenvalue weighted by atomic mass is 35.5. The summed E-state index contributed by atoms with van der Waals surface area (Å²) in [5.74, 6) is -0.381. The number of aromatic nitrogens is 1. The number of amides is 1. The van der Waals surface area contributed by atoms with Gasteiger partial charge < -0.3 is 15.4 Å². The molecule has 0 radical (unpaired) electrons. The van der Waals surface area contributed by atoms with Crippen LogP contribution in [0.2, 0.25) is 5.02 Å². The fourth-order valence-corrected chi connectivity index (χ4v) is 2.90. The third kappa shape index (κ3) is 3.05. The number of halogens is 1. The van der Waals surface area contributed by atoms with Crippen LogP contribution in [0, 0.1) is 0 Å². The van der Waals surface area contributed by atoms with E-state index in [-0.39, 0.29) is 24.5 Å². The highest BCUT2D eigenvalue weighted by Gasteiger charge is 2.18. The fourth-order valence-electron chi connectivity index (χ4n) is 2.73. The molecule has 0 aliphatic heterocycles. The molecule has 3 aromatic rings. The molecule has 2 atom stereocenters. The van der Waals surface area contributed by atoms with Crippen LogP contribution < -0.4 is 5.32 Å². The van der Waals surface area contributed by atoms with Crippen molar-refractivity contribution in [3.63, 3.8) is 0 Å². The Morgan fingerprint density at radius 3 is 2.70 bits per heavy atom. The van der Waals surface area contributed by atoms with Gasteiger partial charge in [-0.05, 0) is 43.7 Å². The van der Waals surface area contributed by atoms with E-state index in [1.807, 2.05) is 43.3 Å². The van der Waals surface area contributed by atoms with Crippen LogP contribution in [-0.2, 0) is 4.79 Å². The second kappa shape index (κ2) is 6.22. The Labute approximate surface area is 139 Å². The Kier molecular flexibility index (Phi) is 4.28. The summed E-state index contributed by atoms with van der Waals surface area (Å²) in [6.07, 6.45) is 0. The largest absolute Gasteiger partial charge is 0.394 e. The van der Waals surface area contributed by atoms with Crippen molar-refractivity contribution in [2.24, 2.45) is 0 Å². The zero-order chi connectivity index (χ0) is 16.6. The number of rotatable bonds is 4. The fraction of sp³-hybridized carbons (Fsp3) is 0.278. The number of fused-ring (bicyclic) bond motifs is 3. The van der Waals surface area contributed by atoms with E-state index in [9.17, 15) is 4.79 Å². The Bertz CT molecular complexity index is 872. The van der Waals surface area contributed by atoms with Crippen molar-refractivity contribution in [3.8, 4) is 0 Å². The maximum atomic E-state index is 12.2. The molecular formula is C18H19ClN2O2. The number of benzene rings is 2. The van der Waals surface area contributed by atoms with Gasteiger partial charge in [0.05, 0.1) is 12.5 Å². The van der Waals surface area contributed by atoms with Gasteiger partial charge >= 0.3 is 0 Å². The second-order valence-electron chi connectivity index (χ2n) is 5.93. The minimum absolute atomic E-state index is 0.0692. The predicted octanol–water partition coefficient (Wildman–Crippen LogP) is 3.58. The van der Waals surface area contributed by atoms with Gasteiger partial charge in [0.15, 0.2) is 0 Å². The van der Waals surface area contributed by atoms with Crippen LogP contribution >= 0.6 is 11.6 Å². The van der Waals surface area contributed by atoms with Crippen molar-refractivity contribution < 1.29 is 9.90 Å². The van der Waals surface area contributed by atoms with Gasteiger partial charge in [0.2, 0.25) is 5.91 Å². The first-order chi connectivity index (χ1) is 11.0. The average molecular weight is 331 g/mol. The molecule has 5 heteroatoms. The molecule has 3 rings (SSSR count). The summed E-state index contributed by atoms with van der Waals surface area (Å²) in [5.41, 5.74) is 2.93. The standard InChI is InChI=1S/C18H19ClN2O2/c1-10(9-22)20-18(23)11(2)12-3-5-14-15-8-13(19)4-6-16(15)21-17(14)7-12/h3-8,10-11,21-22H,9H2,1-2H3,(H,20,23)/t10-,11-/m1/s1. The highest BCUT2D eigenvalue weighted by Crippen LogP contribution is 2.30. The third-order valence-electron chi connectivity index (χ3n) is 4.14. The second-order valence-corrected chi connectivity index (χ2v) is 6.37. The van der Waals surface area contributed by atoms with Crippen LogP contribution in [0.3, 0.4) is 0 Å². The van der Waals surface area contributed by atoms with E-state index in [2.05, 4.69) is 10.3 Å². The zero-order valence-electron chi connectivity index (χ0n) is 13.1. The van der Waals surface area contributed by atoms with Crippen molar-refractivity contribution in [1.29, 1.82) is 0 Å². The molecule has 1 heterocycles. The van der Waals surface area contributed by atoms with E-state index in [4.69, 9.17) is 16.7 Å². The Morgan fingerprint density at radius 2 is 1.96 bits per heavy atom. The normalized spacial score (nSPS) is 14.1. The Morgan fingerprint density at radius 1 is 1.17 bits per heavy atom. The van der Waals surface area contributed by atoms with Gasteiger partial charge in [-0.25, -0.2) is 0 Å². The lowest BCUT2D eigenvalue weighted by Gasteiger charge is -2.16. The molecule has 2 aromatic carbocycles. The number of aromatic amines is 1. The summed E-state index contributed by atoms with van der Waals surface area (Å²) >= 11 is 6.07. The molecule has 0 saturated heterocycles. The molecule has 3 N–H and O–H groups in total. The van der Waals surface area contributed by atoms with Gasteiger partial charge in [-0.3, -0.25) is 4.79 Å². The number of carbonyl (C=O) groups excluding carboxylic acids is 1. The number of hydrogen-bond acceptors (Lipinski definition) is 2. The first-order valence-corrected chi connectivity index (χ1v) is 7.99. The van der Waals surface area contributed by atoms with Gasteiger partial charge in [0.1, 0.15) is 0 Å². The Balaban J connectivity index is 1.96. The van der Waals surface area contributed by atoms with Gasteiger partial charge in [0, 0.05) is 32.9 Å². The number of carbonyl (C=O) groups is 1. The predicted molar refractivity (Wildman–Crippen MR) is 93.9 cm³/mol. The van der Waals surface area contributed by atoms with Crippen LogP contribution in [-0.4, -0.2) is 28.6 Å². The summed E-state index contributed by atoms with van der Waals surface area (Å²) in [6, 6.07) is 11.5. The van der Waals surface area contributed by atoms with E-state index < -0.39 is 0 Å². The van der Waals surface area contributed by atoms with Crippen molar-refractivity contribution in [2.45, 2.75) is 25.8 Å². The summed E-state index contributed by atoms with van der Waals surface area (Å²) in [7, 11) is 0. The molecule has 0 saturated carbocycles. The number of hydrogen-bond donors (Lipinski definition) is 3. The third-order valence-corrected chi connectivity index (χ3v) is 4.38. The average Bonchev–Trinajstić information content (AvgIpc) is 2.90. The number of aliphatic hydroxyl groups excluding tert-OH is 1. The minimum atomic E-state index is -0.289. The molecule has 0 spiro atoms. The van der Waals surface area contributed by atoms with Crippen molar-refractivity contribution in [2.75, 3.05) is 6.61 Å². The van der Waals surface area contributed by atoms with Crippen LogP contribution in [0.25, 0.3) is 21.8 Å². The smallest absolute Gasteiger partial charge is 0.227 e. The number of H-pyrrole nitrogens is 1. The van der Waals surface area contributed by atoms with E-state index in [1.54, 1.807) is 6.92 Å². The quantitative estimate of drug-likeness (QED) is 0.684. The van der Waals surface area contributed by atoms with Gasteiger partial charge in [0.25, 0.3) is 0 Å². The van der Waals surface area contributed by atoms with Crippen molar-refractivity contribution in [1.82, 2.24) is 10.3 Å². The van der Waals surface area contributed by atoms with E-state index in [0.717, 1.165) is 27.4 Å². The van der Waals surface area contributed by atoms with Crippen LogP contribution in [0.4, 0.5) is 0 Å². The summed E-state index contributed by atoms with van der Waals surface area (Å²) < 4.78 is 0. The maximum absolute atomic E-state index is 12.2. The molecule has 1 aromatic heterocycles. The summed E-state index contributed by atoms with van der Waals surface area (Å²) in [6.45, 7) is 3.57. The first kappa shape index (κ1) is 15.8. The Hall–Kier alpha value is -2.04. The maximum Gasteiger partial charge on any atom is 0.227 e. The number of nitrogens with one attached hydrogen (secondary N) is 2. The summed E-state index contributed by atoms with van der Waals surface area (Å²) in [4.78, 5) is 15.6. The molecular weight excluding hydrogens is 312 g/mol. The van der Waals surface area contributed by atoms with Crippen LogP contribution in [0.15, 0.2) is 36.4 Å². The molecule has 0 unspecified atom stereocenters. The lowest BCUT2D eigenvalue weighted by molar-refractivity contribution is -0.123. The van der Waals surface area contributed by atoms with Gasteiger partial charge in [-0.1, -0.05) is 23.7 Å². The van der Waals surface area contributed by atoms with E-state index in [1.165, 1.54) is 0 Å². The zero-order valence-corrected chi connectivity index (χ0v) is 13.8. The van der Waals surface area contributed by atoms with Gasteiger partial charge in [-0.2, -0.15) is 0 Å². The van der Waals surface area contributed by atoms with E-state index in [0.29, 0.717) is 5.02 Å². The van der Waals surface area contributed by atoms with Crippen LogP contribution in [0.5, 0.6) is 0 Å². The monoisotopic (exact) mass is 330 g/mol. The minimum Gasteiger partial charge on any atom is -0.394 e. The number of aliphatic hydroxyl groups is 1. The molecule has 120 valence electrons. The molecule has 4 nitrogen and oxygen atoms in total. The van der Waals surface area contributed by atoms with E-state index >= 15 is 0 Å². The highest BCUT2D eigenvalue weighted by molar-refractivity contribution is 6.31. The molecule has 0 aliphatic rings.